The summed E-state index contributed by atoms with van der Waals surface area (Å²) in [6.45, 7) is 12.3. The number of likely N-dealkylation sites (tertiary alicyclic amines) is 1. The van der Waals surface area contributed by atoms with E-state index in [1.165, 1.54) is 36.4 Å². The van der Waals surface area contributed by atoms with Gasteiger partial charge in [0.2, 0.25) is 6.54 Å². The van der Waals surface area contributed by atoms with E-state index in [9.17, 15) is 13.6 Å². The molecule has 4 heterocycles. The van der Waals surface area contributed by atoms with Gasteiger partial charge in [0.15, 0.2) is 11.6 Å². The van der Waals surface area contributed by atoms with E-state index >= 15 is 4.39 Å². The zero-order valence-electron chi connectivity index (χ0n) is 26.1. The van der Waals surface area contributed by atoms with Gasteiger partial charge in [-0.05, 0) is 43.7 Å². The number of pyridine rings is 1. The summed E-state index contributed by atoms with van der Waals surface area (Å²) in [6.07, 6.45) is 7.08. The second-order valence-corrected chi connectivity index (χ2v) is 12.9. The molecule has 0 bridgehead atoms. The monoisotopic (exact) mass is 675 g/mol. The highest BCUT2D eigenvalue weighted by Gasteiger charge is 2.37. The highest BCUT2D eigenvalue weighted by atomic mass is 35.5. The number of hydrogen-bond acceptors (Lipinski definition) is 7. The van der Waals surface area contributed by atoms with Crippen molar-refractivity contribution in [3.05, 3.63) is 77.0 Å². The lowest BCUT2D eigenvalue weighted by Crippen LogP contribution is -2.56. The van der Waals surface area contributed by atoms with Crippen molar-refractivity contribution >= 4 is 45.0 Å². The fraction of sp³-hybridized carbons (Fsp3) is 0.400. The Morgan fingerprint density at radius 3 is 2.67 bits per heavy atom. The summed E-state index contributed by atoms with van der Waals surface area (Å²) < 4.78 is 51.4. The van der Waals surface area contributed by atoms with E-state index in [2.05, 4.69) is 26.3 Å². The van der Waals surface area contributed by atoms with Crippen LogP contribution in [0.3, 0.4) is 0 Å². The number of amides is 1. The van der Waals surface area contributed by atoms with Gasteiger partial charge in [-0.3, -0.25) is 14.7 Å². The van der Waals surface area contributed by atoms with Crippen LogP contribution in [0.4, 0.5) is 19.0 Å². The Hall–Kier alpha value is -4.47. The summed E-state index contributed by atoms with van der Waals surface area (Å²) in [5.74, 6) is -3.04. The highest BCUT2D eigenvalue weighted by molar-refractivity contribution is 6.36. The van der Waals surface area contributed by atoms with Crippen LogP contribution in [0.5, 0.6) is 6.01 Å². The molecule has 2 aliphatic heterocycles. The van der Waals surface area contributed by atoms with E-state index in [0.29, 0.717) is 34.8 Å². The summed E-state index contributed by atoms with van der Waals surface area (Å²) in [5, 5.41) is 1.09. The molecular weight excluding hydrogens is 643 g/mol. The number of aromatic nitrogens is 3. The van der Waals surface area contributed by atoms with Crippen molar-refractivity contribution in [2.75, 3.05) is 44.2 Å². The minimum absolute atomic E-state index is 0.0200. The molecule has 3 aliphatic rings. The van der Waals surface area contributed by atoms with Crippen LogP contribution in [0.1, 0.15) is 32.1 Å². The number of nitrogens with zero attached hydrogens (tertiary/aromatic N) is 7. The third-order valence-corrected chi connectivity index (χ3v) is 10.2. The van der Waals surface area contributed by atoms with Crippen molar-refractivity contribution in [3.63, 3.8) is 0 Å². The van der Waals surface area contributed by atoms with E-state index in [1.54, 1.807) is 24.3 Å². The first-order valence-electron chi connectivity index (χ1n) is 16.1. The minimum atomic E-state index is -1.10. The molecule has 0 radical (unpaired) electrons. The van der Waals surface area contributed by atoms with Gasteiger partial charge in [-0.2, -0.15) is 9.97 Å². The number of piperazine rings is 1. The molecular formula is C35H33ClF3N7O2. The fourth-order valence-electron chi connectivity index (χ4n) is 7.16. The van der Waals surface area contributed by atoms with Crippen LogP contribution in [-0.4, -0.2) is 88.1 Å². The zero-order valence-corrected chi connectivity index (χ0v) is 26.9. The van der Waals surface area contributed by atoms with Crippen LogP contribution < -0.4 is 9.64 Å². The molecule has 4 aromatic rings. The lowest BCUT2D eigenvalue weighted by atomic mass is 9.91. The number of anilines is 1. The standard InChI is InChI=1S/C35H33ClF3N7O2/c1-20(37)34(47)46-15-14-44(18-24(46)16-40-2)33-26-17-41-31(25-10-3-6-21-11-12-27(38)29(36)28(21)25)30(39)32(26)42-35(43-33)48-19-23-9-5-13-45(23)22-7-4-8-22/h3,6,10-12,17,22-24H,1,4-5,7-9,13-16,18-19H2/t23-,24-/m0/s1. The maximum Gasteiger partial charge on any atom is 0.319 e. The molecule has 0 spiro atoms. The molecule has 0 N–H and O–H groups in total. The first-order chi connectivity index (χ1) is 23.2. The molecule has 7 rings (SSSR count). The third kappa shape index (κ3) is 5.79. The van der Waals surface area contributed by atoms with Crippen molar-refractivity contribution < 1.29 is 22.7 Å². The quantitative estimate of drug-likeness (QED) is 0.154. The van der Waals surface area contributed by atoms with Crippen LogP contribution in [0.2, 0.25) is 5.02 Å². The Balaban J connectivity index is 1.31. The predicted molar refractivity (Wildman–Crippen MR) is 177 cm³/mol. The number of carbonyl (C=O) groups is 1. The maximum atomic E-state index is 16.7. The van der Waals surface area contributed by atoms with Gasteiger partial charge in [0.25, 0.3) is 5.91 Å². The molecule has 2 aromatic carbocycles. The number of benzene rings is 2. The molecule has 1 aliphatic carbocycles. The topological polar surface area (TPSA) is 79.1 Å². The lowest BCUT2D eigenvalue weighted by molar-refractivity contribution is -0.131. The van der Waals surface area contributed by atoms with Crippen molar-refractivity contribution in [1.82, 2.24) is 24.8 Å². The van der Waals surface area contributed by atoms with Crippen molar-refractivity contribution in [3.8, 4) is 17.3 Å². The lowest BCUT2D eigenvalue weighted by Gasteiger charge is -2.39. The summed E-state index contributed by atoms with van der Waals surface area (Å²) in [4.78, 5) is 35.4. The number of hydrogen-bond donors (Lipinski definition) is 0. The van der Waals surface area contributed by atoms with Crippen LogP contribution in [-0.2, 0) is 4.79 Å². The predicted octanol–water partition coefficient (Wildman–Crippen LogP) is 6.59. The van der Waals surface area contributed by atoms with Crippen molar-refractivity contribution in [2.45, 2.75) is 50.2 Å². The van der Waals surface area contributed by atoms with Crippen LogP contribution >= 0.6 is 11.6 Å². The van der Waals surface area contributed by atoms with Gasteiger partial charge < -0.3 is 19.4 Å². The molecule has 0 unspecified atom stereocenters. The molecule has 13 heteroatoms. The molecule has 1 amide bonds. The number of ether oxygens (including phenoxy) is 1. The van der Waals surface area contributed by atoms with Gasteiger partial charge >= 0.3 is 6.01 Å². The molecule has 48 heavy (non-hydrogen) atoms. The minimum Gasteiger partial charge on any atom is -0.462 e. The van der Waals surface area contributed by atoms with E-state index in [0.717, 1.165) is 19.4 Å². The van der Waals surface area contributed by atoms with Crippen LogP contribution in [0, 0.1) is 18.2 Å². The number of rotatable bonds is 8. The molecule has 2 aromatic heterocycles. The molecule has 1 saturated carbocycles. The maximum absolute atomic E-state index is 16.7. The summed E-state index contributed by atoms with van der Waals surface area (Å²) in [7, 11) is 0. The summed E-state index contributed by atoms with van der Waals surface area (Å²) >= 11 is 6.39. The molecule has 9 nitrogen and oxygen atoms in total. The van der Waals surface area contributed by atoms with Gasteiger partial charge in [-0.25, -0.2) is 19.7 Å². The van der Waals surface area contributed by atoms with E-state index in [1.807, 2.05) is 4.90 Å². The SMILES string of the molecule is [C-]#[N+]C[C@H]1CN(c2nc(OC[C@@H]3CCCN3C3CCC3)nc3c(F)c(-c4cccc5ccc(F)c(Cl)c45)ncc23)CCN1C(=O)C(=C)F. The van der Waals surface area contributed by atoms with Crippen molar-refractivity contribution in [2.24, 2.45) is 0 Å². The van der Waals surface area contributed by atoms with Gasteiger partial charge in [0, 0.05) is 48.9 Å². The largest absolute Gasteiger partial charge is 0.462 e. The van der Waals surface area contributed by atoms with Crippen LogP contribution in [0.15, 0.2) is 48.9 Å². The second kappa shape index (κ2) is 13.2. The molecule has 2 saturated heterocycles. The molecule has 2 atom stereocenters. The molecule has 248 valence electrons. The average molecular weight is 676 g/mol. The zero-order chi connectivity index (χ0) is 33.5. The Bertz CT molecular complexity index is 1970. The Labute approximate surface area is 280 Å². The van der Waals surface area contributed by atoms with E-state index in [-0.39, 0.29) is 59.9 Å². The first-order valence-corrected chi connectivity index (χ1v) is 16.5. The average Bonchev–Trinajstić information content (AvgIpc) is 3.52. The van der Waals surface area contributed by atoms with Crippen LogP contribution in [0.25, 0.3) is 37.8 Å². The smallest absolute Gasteiger partial charge is 0.319 e. The van der Waals surface area contributed by atoms with Gasteiger partial charge in [0.05, 0.1) is 10.4 Å². The third-order valence-electron chi connectivity index (χ3n) is 9.78. The Morgan fingerprint density at radius 2 is 1.92 bits per heavy atom. The highest BCUT2D eigenvalue weighted by Crippen LogP contribution is 2.39. The Morgan fingerprint density at radius 1 is 1.08 bits per heavy atom. The van der Waals surface area contributed by atoms with Gasteiger partial charge in [0.1, 0.15) is 35.5 Å². The van der Waals surface area contributed by atoms with E-state index in [4.69, 9.17) is 27.9 Å². The number of fused-ring (bicyclic) bond motifs is 2. The normalized spacial score (nSPS) is 20.2. The Kier molecular flexibility index (Phi) is 8.83. The molecule has 3 fully saturated rings. The number of carbonyl (C=O) groups excluding carboxylic acids is 1. The van der Waals surface area contributed by atoms with Crippen molar-refractivity contribution in [1.29, 1.82) is 0 Å². The van der Waals surface area contributed by atoms with E-state index < -0.39 is 29.4 Å². The number of halogens is 4. The second-order valence-electron chi connectivity index (χ2n) is 12.6. The summed E-state index contributed by atoms with van der Waals surface area (Å²) in [6, 6.07) is 8.00. The van der Waals surface area contributed by atoms with Gasteiger partial charge in [-0.15, -0.1) is 0 Å². The fourth-order valence-corrected chi connectivity index (χ4v) is 7.44. The first kappa shape index (κ1) is 32.1. The summed E-state index contributed by atoms with van der Waals surface area (Å²) in [5.41, 5.74) is 0.187. The van der Waals surface area contributed by atoms with Gasteiger partial charge in [-0.1, -0.05) is 48.9 Å².